The minimum atomic E-state index is -1.02. The van der Waals surface area contributed by atoms with Crippen LogP contribution in [0.15, 0.2) is 18.2 Å². The Morgan fingerprint density at radius 1 is 1.43 bits per heavy atom. The summed E-state index contributed by atoms with van der Waals surface area (Å²) in [4.78, 5) is 36.5. The summed E-state index contributed by atoms with van der Waals surface area (Å²) in [5.41, 5.74) is 2.04. The Balaban J connectivity index is 2.25. The lowest BCUT2D eigenvalue weighted by atomic mass is 9.98. The number of Topliss-reactive ketones (excluding diaryl/α,β-unsaturated/α-hetero) is 1. The van der Waals surface area contributed by atoms with Crippen LogP contribution in [0.5, 0.6) is 0 Å². The largest absolute Gasteiger partial charge is 0.481 e. The van der Waals surface area contributed by atoms with Crippen LogP contribution in [0.3, 0.4) is 0 Å². The molecule has 6 nitrogen and oxygen atoms in total. The number of benzene rings is 1. The summed E-state index contributed by atoms with van der Waals surface area (Å²) in [6, 6.07) is 4.31. The predicted molar refractivity (Wildman–Crippen MR) is 77.6 cm³/mol. The predicted octanol–water partition coefficient (Wildman–Crippen LogP) is 0.841. The van der Waals surface area contributed by atoms with Crippen LogP contribution in [0, 0.1) is 0 Å². The molecule has 1 heterocycles. The molecule has 1 amide bonds. The number of hydrogen-bond donors (Lipinski definition) is 2. The van der Waals surface area contributed by atoms with Gasteiger partial charge in [0.15, 0.2) is 5.78 Å². The molecule has 1 aliphatic heterocycles. The highest BCUT2D eigenvalue weighted by atomic mass is 16.4. The van der Waals surface area contributed by atoms with E-state index in [1.54, 1.807) is 30.1 Å². The fourth-order valence-corrected chi connectivity index (χ4v) is 2.50. The smallest absolute Gasteiger partial charge is 0.305 e. The normalized spacial score (nSPS) is 15.0. The van der Waals surface area contributed by atoms with E-state index in [1.807, 2.05) is 6.92 Å². The zero-order chi connectivity index (χ0) is 15.6. The number of ketones is 1. The molecule has 0 bridgehead atoms. The topological polar surface area (TPSA) is 86.7 Å². The zero-order valence-electron chi connectivity index (χ0n) is 12.0. The molecule has 0 aliphatic carbocycles. The molecule has 6 heteroatoms. The van der Waals surface area contributed by atoms with Crippen molar-refractivity contribution in [1.29, 1.82) is 0 Å². The number of rotatable bonds is 6. The van der Waals surface area contributed by atoms with Crippen molar-refractivity contribution in [3.8, 4) is 0 Å². The van der Waals surface area contributed by atoms with Crippen LogP contribution in [0.25, 0.3) is 0 Å². The molecular formula is C15H18N2O4. The Bertz CT molecular complexity index is 597. The first kappa shape index (κ1) is 15.2. The van der Waals surface area contributed by atoms with Gasteiger partial charge in [-0.05, 0) is 30.3 Å². The first-order valence-corrected chi connectivity index (χ1v) is 6.83. The molecular weight excluding hydrogens is 272 g/mol. The van der Waals surface area contributed by atoms with E-state index in [-0.39, 0.29) is 24.5 Å². The number of carboxylic acids is 1. The SMILES string of the molecule is CCNC(CC(=O)O)C(=O)c1ccc2c(c1)CC(=O)N2C. The van der Waals surface area contributed by atoms with Gasteiger partial charge >= 0.3 is 5.97 Å². The minimum absolute atomic E-state index is 0.0108. The third-order valence-electron chi connectivity index (χ3n) is 3.59. The van der Waals surface area contributed by atoms with Crippen LogP contribution in [-0.4, -0.2) is 42.4 Å². The fourth-order valence-electron chi connectivity index (χ4n) is 2.50. The highest BCUT2D eigenvalue weighted by molar-refractivity contribution is 6.05. The van der Waals surface area contributed by atoms with E-state index >= 15 is 0 Å². The maximum absolute atomic E-state index is 12.4. The molecule has 0 spiro atoms. The van der Waals surface area contributed by atoms with Gasteiger partial charge in [0.2, 0.25) is 5.91 Å². The molecule has 1 atom stereocenters. The lowest BCUT2D eigenvalue weighted by Gasteiger charge is -2.15. The second kappa shape index (κ2) is 6.05. The van der Waals surface area contributed by atoms with Crippen molar-refractivity contribution in [3.05, 3.63) is 29.3 Å². The number of carboxylic acid groups (broad SMARTS) is 1. The summed E-state index contributed by atoms with van der Waals surface area (Å²) in [7, 11) is 1.70. The second-order valence-corrected chi connectivity index (χ2v) is 5.05. The number of nitrogens with one attached hydrogen (secondary N) is 1. The molecule has 0 saturated heterocycles. The molecule has 1 unspecified atom stereocenters. The van der Waals surface area contributed by atoms with E-state index in [4.69, 9.17) is 5.11 Å². The van der Waals surface area contributed by atoms with Crippen LogP contribution < -0.4 is 10.2 Å². The maximum atomic E-state index is 12.4. The summed E-state index contributed by atoms with van der Waals surface area (Å²) in [5, 5.41) is 11.8. The van der Waals surface area contributed by atoms with Crippen molar-refractivity contribution in [1.82, 2.24) is 5.32 Å². The van der Waals surface area contributed by atoms with E-state index in [9.17, 15) is 14.4 Å². The average molecular weight is 290 g/mol. The van der Waals surface area contributed by atoms with Gasteiger partial charge in [-0.1, -0.05) is 6.92 Å². The quantitative estimate of drug-likeness (QED) is 0.758. The van der Waals surface area contributed by atoms with Crippen LogP contribution in [0.1, 0.15) is 29.3 Å². The zero-order valence-corrected chi connectivity index (χ0v) is 12.0. The summed E-state index contributed by atoms with van der Waals surface area (Å²) in [6.07, 6.45) is 0.0142. The van der Waals surface area contributed by atoms with Gasteiger partial charge in [0, 0.05) is 18.3 Å². The number of amides is 1. The van der Waals surface area contributed by atoms with Crippen molar-refractivity contribution in [2.45, 2.75) is 25.8 Å². The number of carbonyl (C=O) groups excluding carboxylic acids is 2. The third kappa shape index (κ3) is 3.11. The van der Waals surface area contributed by atoms with E-state index in [2.05, 4.69) is 5.32 Å². The average Bonchev–Trinajstić information content (AvgIpc) is 2.72. The van der Waals surface area contributed by atoms with Crippen molar-refractivity contribution < 1.29 is 19.5 Å². The van der Waals surface area contributed by atoms with E-state index in [1.165, 1.54) is 0 Å². The van der Waals surface area contributed by atoms with Gasteiger partial charge in [0.1, 0.15) is 0 Å². The standard InChI is InChI=1S/C15H18N2O4/c1-3-16-11(8-14(19)20)15(21)9-4-5-12-10(6-9)7-13(18)17(12)2/h4-6,11,16H,3,7-8H2,1-2H3,(H,19,20). The van der Waals surface area contributed by atoms with Gasteiger partial charge in [-0.25, -0.2) is 0 Å². The van der Waals surface area contributed by atoms with Gasteiger partial charge in [-0.3, -0.25) is 14.4 Å². The lowest BCUT2D eigenvalue weighted by Crippen LogP contribution is -2.38. The number of aliphatic carboxylic acids is 1. The van der Waals surface area contributed by atoms with Gasteiger partial charge in [0.25, 0.3) is 0 Å². The monoisotopic (exact) mass is 290 g/mol. The van der Waals surface area contributed by atoms with Crippen molar-refractivity contribution in [2.75, 3.05) is 18.5 Å². The number of fused-ring (bicyclic) bond motifs is 1. The molecule has 21 heavy (non-hydrogen) atoms. The number of anilines is 1. The first-order valence-electron chi connectivity index (χ1n) is 6.83. The van der Waals surface area contributed by atoms with Crippen molar-refractivity contribution >= 4 is 23.3 Å². The Hall–Kier alpha value is -2.21. The molecule has 1 aromatic carbocycles. The van der Waals surface area contributed by atoms with Crippen molar-refractivity contribution in [2.24, 2.45) is 0 Å². The molecule has 0 saturated carbocycles. The lowest BCUT2D eigenvalue weighted by molar-refractivity contribution is -0.137. The van der Waals surface area contributed by atoms with Gasteiger partial charge in [-0.15, -0.1) is 0 Å². The van der Waals surface area contributed by atoms with Gasteiger partial charge in [0.05, 0.1) is 18.9 Å². The Morgan fingerprint density at radius 2 is 2.14 bits per heavy atom. The first-order chi connectivity index (χ1) is 9.93. The molecule has 0 aromatic heterocycles. The Labute approximate surface area is 122 Å². The summed E-state index contributed by atoms with van der Waals surface area (Å²) >= 11 is 0. The molecule has 2 rings (SSSR count). The summed E-state index contributed by atoms with van der Waals surface area (Å²) in [5.74, 6) is -1.29. The van der Waals surface area contributed by atoms with E-state index in [0.717, 1.165) is 11.3 Å². The molecule has 112 valence electrons. The summed E-state index contributed by atoms with van der Waals surface area (Å²) < 4.78 is 0. The van der Waals surface area contributed by atoms with Crippen LogP contribution in [0.2, 0.25) is 0 Å². The number of carbonyl (C=O) groups is 3. The molecule has 0 radical (unpaired) electrons. The molecule has 1 aliphatic rings. The number of nitrogens with zero attached hydrogens (tertiary/aromatic N) is 1. The van der Waals surface area contributed by atoms with E-state index < -0.39 is 12.0 Å². The number of likely N-dealkylation sites (N-methyl/N-ethyl adjacent to an activating group) is 2. The fraction of sp³-hybridized carbons (Fsp3) is 0.400. The summed E-state index contributed by atoms with van der Waals surface area (Å²) in [6.45, 7) is 2.33. The minimum Gasteiger partial charge on any atom is -0.481 e. The van der Waals surface area contributed by atoms with Crippen LogP contribution in [0.4, 0.5) is 5.69 Å². The van der Waals surface area contributed by atoms with Crippen LogP contribution in [-0.2, 0) is 16.0 Å². The highest BCUT2D eigenvalue weighted by Gasteiger charge is 2.27. The molecule has 0 fully saturated rings. The van der Waals surface area contributed by atoms with Crippen molar-refractivity contribution in [3.63, 3.8) is 0 Å². The maximum Gasteiger partial charge on any atom is 0.305 e. The highest BCUT2D eigenvalue weighted by Crippen LogP contribution is 2.28. The van der Waals surface area contributed by atoms with Gasteiger partial charge < -0.3 is 15.3 Å². The second-order valence-electron chi connectivity index (χ2n) is 5.05. The van der Waals surface area contributed by atoms with Gasteiger partial charge in [-0.2, -0.15) is 0 Å². The third-order valence-corrected chi connectivity index (χ3v) is 3.59. The molecule has 2 N–H and O–H groups in total. The number of hydrogen-bond acceptors (Lipinski definition) is 4. The molecule has 1 aromatic rings. The van der Waals surface area contributed by atoms with E-state index in [0.29, 0.717) is 12.1 Å². The Morgan fingerprint density at radius 3 is 2.76 bits per heavy atom. The Kier molecular flexibility index (Phi) is 4.37. The van der Waals surface area contributed by atoms with Crippen LogP contribution >= 0.6 is 0 Å².